The average molecular weight is 274 g/mol. The predicted molar refractivity (Wildman–Crippen MR) is 52.6 cm³/mol. The van der Waals surface area contributed by atoms with Crippen molar-refractivity contribution in [1.82, 2.24) is 5.32 Å². The second-order valence-corrected chi connectivity index (χ2v) is 4.28. The average Bonchev–Trinajstić information content (AvgIpc) is 2.11. The van der Waals surface area contributed by atoms with Crippen molar-refractivity contribution < 1.29 is 18.7 Å². The van der Waals surface area contributed by atoms with Crippen LogP contribution in [0.4, 0.5) is 8.78 Å². The van der Waals surface area contributed by atoms with Crippen molar-refractivity contribution in [3.8, 4) is 0 Å². The van der Waals surface area contributed by atoms with Gasteiger partial charge in [-0.25, -0.2) is 8.78 Å². The van der Waals surface area contributed by atoms with Crippen LogP contribution < -0.4 is 5.32 Å². The summed E-state index contributed by atoms with van der Waals surface area (Å²) in [5.74, 6) is -0.321. The highest BCUT2D eigenvalue weighted by atomic mass is 79.9. The van der Waals surface area contributed by atoms with E-state index in [1.54, 1.807) is 0 Å². The van der Waals surface area contributed by atoms with Crippen molar-refractivity contribution in [3.63, 3.8) is 0 Å². The molecule has 84 valence electrons. The number of hydrogen-bond donors (Lipinski definition) is 2. The van der Waals surface area contributed by atoms with Crippen LogP contribution in [0.2, 0.25) is 0 Å². The van der Waals surface area contributed by atoms with Gasteiger partial charge >= 0.3 is 0 Å². The minimum atomic E-state index is -2.83. The van der Waals surface area contributed by atoms with Gasteiger partial charge in [-0.05, 0) is 5.92 Å². The second-order valence-electron chi connectivity index (χ2n) is 3.29. The van der Waals surface area contributed by atoms with Crippen molar-refractivity contribution in [2.75, 3.05) is 6.54 Å². The van der Waals surface area contributed by atoms with E-state index in [2.05, 4.69) is 21.2 Å². The minimum Gasteiger partial charge on any atom is -0.385 e. The Morgan fingerprint density at radius 3 is 2.36 bits per heavy atom. The number of hydrogen-bond acceptors (Lipinski definition) is 2. The first kappa shape index (κ1) is 13.8. The minimum absolute atomic E-state index is 0.0682. The summed E-state index contributed by atoms with van der Waals surface area (Å²) in [5, 5.41) is 10.9. The summed E-state index contributed by atoms with van der Waals surface area (Å²) in [4.78, 5) is 10.8. The number of carbonyl (C=O) groups is 1. The number of amides is 1. The second kappa shape index (κ2) is 6.29. The number of halogens is 3. The third-order valence-electron chi connectivity index (χ3n) is 1.61. The molecule has 0 spiro atoms. The number of nitrogens with one attached hydrogen (secondary N) is 1. The largest absolute Gasteiger partial charge is 0.385 e. The van der Waals surface area contributed by atoms with Crippen LogP contribution in [0.15, 0.2) is 0 Å². The Morgan fingerprint density at radius 1 is 1.50 bits per heavy atom. The highest BCUT2D eigenvalue weighted by Gasteiger charge is 2.21. The van der Waals surface area contributed by atoms with Crippen LogP contribution in [-0.2, 0) is 4.79 Å². The van der Waals surface area contributed by atoms with Gasteiger partial charge in [0.2, 0.25) is 5.91 Å². The highest BCUT2D eigenvalue weighted by molar-refractivity contribution is 9.10. The molecular weight excluding hydrogens is 260 g/mol. The maximum absolute atomic E-state index is 11.8. The Bertz CT molecular complexity index is 190. The fraction of sp³-hybridized carbons (Fsp3) is 0.875. The molecule has 0 aliphatic carbocycles. The van der Waals surface area contributed by atoms with E-state index in [1.807, 2.05) is 13.8 Å². The van der Waals surface area contributed by atoms with E-state index < -0.39 is 23.9 Å². The summed E-state index contributed by atoms with van der Waals surface area (Å²) >= 11 is 3.11. The van der Waals surface area contributed by atoms with Crippen LogP contribution in [0.3, 0.4) is 0 Å². The zero-order valence-electron chi connectivity index (χ0n) is 8.01. The van der Waals surface area contributed by atoms with Gasteiger partial charge in [-0.2, -0.15) is 0 Å². The molecule has 0 aliphatic rings. The number of aliphatic hydroxyl groups is 1. The van der Waals surface area contributed by atoms with E-state index >= 15 is 0 Å². The molecule has 0 bridgehead atoms. The molecule has 2 unspecified atom stereocenters. The molecule has 14 heavy (non-hydrogen) atoms. The lowest BCUT2D eigenvalue weighted by Crippen LogP contribution is -2.40. The van der Waals surface area contributed by atoms with Crippen LogP contribution in [0.1, 0.15) is 13.8 Å². The summed E-state index contributed by atoms with van der Waals surface area (Å²) in [6.45, 7) is 3.22. The summed E-state index contributed by atoms with van der Waals surface area (Å²) in [6, 6.07) is 0. The first-order valence-corrected chi connectivity index (χ1v) is 5.15. The fourth-order valence-electron chi connectivity index (χ4n) is 0.694. The van der Waals surface area contributed by atoms with Gasteiger partial charge in [0.15, 0.2) is 0 Å². The Hall–Kier alpha value is -0.230. The van der Waals surface area contributed by atoms with Gasteiger partial charge in [-0.3, -0.25) is 4.79 Å². The molecule has 0 rings (SSSR count). The Morgan fingerprint density at radius 2 is 2.00 bits per heavy atom. The zero-order chi connectivity index (χ0) is 11.3. The molecule has 0 radical (unpaired) electrons. The summed E-state index contributed by atoms with van der Waals surface area (Å²) in [6.07, 6.45) is -4.63. The van der Waals surface area contributed by atoms with Gasteiger partial charge < -0.3 is 10.4 Å². The van der Waals surface area contributed by atoms with Crippen molar-refractivity contribution >= 4 is 21.8 Å². The lowest BCUT2D eigenvalue weighted by atomic mass is 10.1. The third-order valence-corrected chi connectivity index (χ3v) is 3.09. The molecule has 2 N–H and O–H groups in total. The molecular formula is C8H14BrF2NO2. The van der Waals surface area contributed by atoms with E-state index in [-0.39, 0.29) is 11.8 Å². The maximum Gasteiger partial charge on any atom is 0.265 e. The Labute approximate surface area is 90.0 Å². The molecule has 0 aliphatic heterocycles. The smallest absolute Gasteiger partial charge is 0.265 e. The Kier molecular flexibility index (Phi) is 6.19. The van der Waals surface area contributed by atoms with Gasteiger partial charge in [0.25, 0.3) is 6.43 Å². The van der Waals surface area contributed by atoms with E-state index in [0.29, 0.717) is 0 Å². The maximum atomic E-state index is 11.8. The zero-order valence-corrected chi connectivity index (χ0v) is 9.59. The van der Waals surface area contributed by atoms with Crippen LogP contribution >= 0.6 is 15.9 Å². The molecule has 0 aromatic rings. The molecule has 0 heterocycles. The first-order chi connectivity index (χ1) is 6.36. The molecule has 0 aromatic heterocycles. The number of carbonyl (C=O) groups excluding carboxylic acids is 1. The van der Waals surface area contributed by atoms with E-state index in [0.717, 1.165) is 0 Å². The third kappa shape index (κ3) is 4.85. The number of rotatable bonds is 5. The molecule has 0 aromatic carbocycles. The van der Waals surface area contributed by atoms with Crippen LogP contribution in [0.5, 0.6) is 0 Å². The predicted octanol–water partition coefficient (Wildman–Crippen LogP) is 1.15. The molecule has 1 amide bonds. The van der Waals surface area contributed by atoms with Crippen LogP contribution in [0, 0.1) is 5.92 Å². The van der Waals surface area contributed by atoms with Gasteiger partial charge in [0, 0.05) is 6.54 Å². The SMILES string of the molecule is CC(C)C(Br)C(=O)NCC(O)C(F)F. The van der Waals surface area contributed by atoms with E-state index in [1.165, 1.54) is 0 Å². The van der Waals surface area contributed by atoms with Crippen molar-refractivity contribution in [1.29, 1.82) is 0 Å². The molecule has 0 saturated heterocycles. The molecule has 0 saturated carbocycles. The van der Waals surface area contributed by atoms with E-state index in [9.17, 15) is 13.6 Å². The summed E-state index contributed by atoms with van der Waals surface area (Å²) in [5.41, 5.74) is 0. The standard InChI is InChI=1S/C8H14BrF2NO2/c1-4(2)6(9)8(14)12-3-5(13)7(10)11/h4-7,13H,3H2,1-2H3,(H,12,14). The molecule has 3 nitrogen and oxygen atoms in total. The van der Waals surface area contributed by atoms with Gasteiger partial charge in [-0.1, -0.05) is 29.8 Å². The quantitative estimate of drug-likeness (QED) is 0.739. The number of aliphatic hydroxyl groups excluding tert-OH is 1. The van der Waals surface area contributed by atoms with Crippen molar-refractivity contribution in [2.45, 2.75) is 31.2 Å². The van der Waals surface area contributed by atoms with Crippen molar-refractivity contribution in [3.05, 3.63) is 0 Å². The number of alkyl halides is 3. The van der Waals surface area contributed by atoms with Gasteiger partial charge in [0.1, 0.15) is 6.10 Å². The van der Waals surface area contributed by atoms with Crippen molar-refractivity contribution in [2.24, 2.45) is 5.92 Å². The summed E-state index contributed by atoms with van der Waals surface area (Å²) in [7, 11) is 0. The first-order valence-electron chi connectivity index (χ1n) is 4.24. The fourth-order valence-corrected chi connectivity index (χ4v) is 0.856. The van der Waals surface area contributed by atoms with Crippen LogP contribution in [0.25, 0.3) is 0 Å². The van der Waals surface area contributed by atoms with E-state index in [4.69, 9.17) is 5.11 Å². The van der Waals surface area contributed by atoms with Gasteiger partial charge in [-0.15, -0.1) is 0 Å². The topological polar surface area (TPSA) is 49.3 Å². The van der Waals surface area contributed by atoms with Gasteiger partial charge in [0.05, 0.1) is 4.83 Å². The molecule has 6 heteroatoms. The molecule has 0 fully saturated rings. The lowest BCUT2D eigenvalue weighted by molar-refractivity contribution is -0.122. The highest BCUT2D eigenvalue weighted by Crippen LogP contribution is 2.11. The monoisotopic (exact) mass is 273 g/mol. The van der Waals surface area contributed by atoms with Crippen LogP contribution in [-0.4, -0.2) is 34.9 Å². The summed E-state index contributed by atoms with van der Waals surface area (Å²) < 4.78 is 23.7. The normalized spacial score (nSPS) is 15.7. The Balaban J connectivity index is 3.85. The molecule has 2 atom stereocenters. The lowest BCUT2D eigenvalue weighted by Gasteiger charge is -2.15.